The molecule has 182 valence electrons. The van der Waals surface area contributed by atoms with Crippen molar-refractivity contribution in [3.05, 3.63) is 59.2 Å². The highest BCUT2D eigenvalue weighted by molar-refractivity contribution is 6.10. The lowest BCUT2D eigenvalue weighted by molar-refractivity contribution is 0.0996. The molecule has 0 bridgehead atoms. The minimum atomic E-state index is -0.478. The van der Waals surface area contributed by atoms with Crippen molar-refractivity contribution in [1.82, 2.24) is 15.0 Å². The third-order valence-electron chi connectivity index (χ3n) is 6.59. The summed E-state index contributed by atoms with van der Waals surface area (Å²) in [4.78, 5) is 30.7. The van der Waals surface area contributed by atoms with Gasteiger partial charge in [0.15, 0.2) is 0 Å². The van der Waals surface area contributed by atoms with Crippen LogP contribution >= 0.6 is 0 Å². The van der Waals surface area contributed by atoms with Crippen LogP contribution in [0.3, 0.4) is 0 Å². The van der Waals surface area contributed by atoms with Crippen LogP contribution in [-0.4, -0.2) is 58.3 Å². The summed E-state index contributed by atoms with van der Waals surface area (Å²) < 4.78 is 20.2. The average Bonchev–Trinajstić information content (AvgIpc) is 3.43. The Morgan fingerprint density at radius 2 is 2.11 bits per heavy atom. The second kappa shape index (κ2) is 9.20. The zero-order valence-electron chi connectivity index (χ0n) is 19.6. The molecule has 2 aromatic heterocycles. The van der Waals surface area contributed by atoms with Gasteiger partial charge in [0.25, 0.3) is 5.91 Å². The minimum absolute atomic E-state index is 0.0592. The standard InChI is InChI=1S/C25H27FN6O3/c1-3-15-10-21(30-25(29-15)31-11-14(27)9-16(31)13-33)32-12-18-17(24(32)34)7-8-28-23(18)22-19(26)5-4-6-20(22)35-2/h4-8,10,14,16,33H,3,9,11-13,27H2,1-2H3/t14-,16-/m0/s1. The molecule has 1 fully saturated rings. The monoisotopic (exact) mass is 478 g/mol. The molecule has 2 aliphatic heterocycles. The van der Waals surface area contributed by atoms with Gasteiger partial charge in [-0.15, -0.1) is 0 Å². The molecule has 1 saturated heterocycles. The second-order valence-electron chi connectivity index (χ2n) is 8.75. The lowest BCUT2D eigenvalue weighted by Gasteiger charge is -2.25. The Labute approximate surface area is 202 Å². The number of fused-ring (bicyclic) bond motifs is 1. The number of carbonyl (C=O) groups excluding carboxylic acids is 1. The number of amides is 1. The van der Waals surface area contributed by atoms with Crippen molar-refractivity contribution < 1.29 is 19.0 Å². The summed E-state index contributed by atoms with van der Waals surface area (Å²) in [5, 5.41) is 9.82. The summed E-state index contributed by atoms with van der Waals surface area (Å²) in [7, 11) is 1.47. The molecule has 4 heterocycles. The number of aliphatic hydroxyl groups excluding tert-OH is 1. The van der Waals surface area contributed by atoms with E-state index >= 15 is 0 Å². The molecule has 0 unspecified atom stereocenters. The van der Waals surface area contributed by atoms with Crippen molar-refractivity contribution in [1.29, 1.82) is 0 Å². The number of aliphatic hydroxyl groups is 1. The van der Waals surface area contributed by atoms with Crippen molar-refractivity contribution in [3.63, 3.8) is 0 Å². The largest absolute Gasteiger partial charge is 0.496 e. The number of anilines is 2. The molecule has 2 aliphatic rings. The Hall–Kier alpha value is -3.63. The first-order chi connectivity index (χ1) is 16.9. The van der Waals surface area contributed by atoms with Gasteiger partial charge in [-0.2, -0.15) is 4.98 Å². The quantitative estimate of drug-likeness (QED) is 0.554. The Bertz CT molecular complexity index is 1290. The van der Waals surface area contributed by atoms with Crippen LogP contribution in [0.25, 0.3) is 11.3 Å². The van der Waals surface area contributed by atoms with Gasteiger partial charge in [-0.25, -0.2) is 9.37 Å². The van der Waals surface area contributed by atoms with E-state index in [9.17, 15) is 14.3 Å². The van der Waals surface area contributed by atoms with Crippen molar-refractivity contribution in [2.45, 2.75) is 38.4 Å². The van der Waals surface area contributed by atoms with E-state index in [1.54, 1.807) is 29.2 Å². The van der Waals surface area contributed by atoms with Crippen molar-refractivity contribution in [3.8, 4) is 17.0 Å². The molecular weight excluding hydrogens is 451 g/mol. The molecule has 0 radical (unpaired) electrons. The maximum absolute atomic E-state index is 14.9. The van der Waals surface area contributed by atoms with Gasteiger partial charge in [0.05, 0.1) is 37.6 Å². The van der Waals surface area contributed by atoms with Gasteiger partial charge >= 0.3 is 0 Å². The Morgan fingerprint density at radius 1 is 1.29 bits per heavy atom. The summed E-state index contributed by atoms with van der Waals surface area (Å²) in [5.74, 6) is 0.493. The number of methoxy groups -OCH3 is 1. The summed E-state index contributed by atoms with van der Waals surface area (Å²) in [5.41, 5.74) is 8.52. The van der Waals surface area contributed by atoms with Crippen molar-refractivity contribution in [2.24, 2.45) is 5.73 Å². The number of aromatic nitrogens is 3. The number of pyridine rings is 1. The molecular formula is C25H27FN6O3. The molecule has 10 heteroatoms. The Morgan fingerprint density at radius 3 is 2.86 bits per heavy atom. The fraction of sp³-hybridized carbons (Fsp3) is 0.360. The van der Waals surface area contributed by atoms with E-state index in [-0.39, 0.29) is 36.7 Å². The summed E-state index contributed by atoms with van der Waals surface area (Å²) in [6.07, 6.45) is 2.78. The second-order valence-corrected chi connectivity index (χ2v) is 8.75. The number of rotatable bonds is 6. The fourth-order valence-electron chi connectivity index (χ4n) is 4.82. The zero-order valence-corrected chi connectivity index (χ0v) is 19.6. The van der Waals surface area contributed by atoms with Crippen molar-refractivity contribution >= 4 is 17.7 Å². The summed E-state index contributed by atoms with van der Waals surface area (Å²) >= 11 is 0. The van der Waals surface area contributed by atoms with Crippen LogP contribution in [-0.2, 0) is 13.0 Å². The molecule has 2 atom stereocenters. The molecule has 5 rings (SSSR count). The van der Waals surface area contributed by atoms with E-state index in [2.05, 4.69) is 9.97 Å². The number of hydrogen-bond donors (Lipinski definition) is 2. The van der Waals surface area contributed by atoms with Gasteiger partial charge in [0.1, 0.15) is 17.4 Å². The van der Waals surface area contributed by atoms with Gasteiger partial charge in [-0.05, 0) is 31.0 Å². The maximum atomic E-state index is 14.9. The molecule has 0 aliphatic carbocycles. The molecule has 1 aromatic carbocycles. The zero-order chi connectivity index (χ0) is 24.7. The predicted molar refractivity (Wildman–Crippen MR) is 129 cm³/mol. The predicted octanol–water partition coefficient (Wildman–Crippen LogP) is 2.31. The normalized spacial score (nSPS) is 19.4. The molecule has 0 saturated carbocycles. The van der Waals surface area contributed by atoms with Crippen LogP contribution in [0.4, 0.5) is 16.2 Å². The lowest BCUT2D eigenvalue weighted by atomic mass is 10.0. The van der Waals surface area contributed by atoms with Crippen LogP contribution in [0.5, 0.6) is 5.75 Å². The number of ether oxygens (including phenoxy) is 1. The summed E-state index contributed by atoms with van der Waals surface area (Å²) in [6, 6.07) is 7.73. The SMILES string of the molecule is CCc1cc(N2Cc3c(ccnc3-c3c(F)cccc3OC)C2=O)nc(N2C[C@@H](N)C[C@H]2CO)n1. The lowest BCUT2D eigenvalue weighted by Crippen LogP contribution is -2.35. The van der Waals surface area contributed by atoms with Crippen LogP contribution in [0.15, 0.2) is 36.5 Å². The minimum Gasteiger partial charge on any atom is -0.496 e. The van der Waals surface area contributed by atoms with Gasteiger partial charge in [0.2, 0.25) is 5.95 Å². The molecule has 9 nitrogen and oxygen atoms in total. The Kier molecular flexibility index (Phi) is 6.08. The first-order valence-corrected chi connectivity index (χ1v) is 11.6. The fourth-order valence-corrected chi connectivity index (χ4v) is 4.82. The highest BCUT2D eigenvalue weighted by Gasteiger charge is 2.36. The smallest absolute Gasteiger partial charge is 0.260 e. The first kappa shape index (κ1) is 23.1. The average molecular weight is 479 g/mol. The topological polar surface area (TPSA) is 118 Å². The molecule has 3 aromatic rings. The van der Waals surface area contributed by atoms with Crippen LogP contribution in [0.1, 0.15) is 35.0 Å². The highest BCUT2D eigenvalue weighted by Crippen LogP contribution is 2.39. The number of halogens is 1. The van der Waals surface area contributed by atoms with E-state index in [4.69, 9.17) is 15.5 Å². The molecule has 1 amide bonds. The highest BCUT2D eigenvalue weighted by atomic mass is 19.1. The number of nitrogens with zero attached hydrogens (tertiary/aromatic N) is 5. The van der Waals surface area contributed by atoms with Gasteiger partial charge in [-0.3, -0.25) is 14.7 Å². The molecule has 3 N–H and O–H groups in total. The molecule has 0 spiro atoms. The van der Waals surface area contributed by atoms with Gasteiger partial charge in [-0.1, -0.05) is 13.0 Å². The van der Waals surface area contributed by atoms with E-state index < -0.39 is 5.82 Å². The Balaban J connectivity index is 1.56. The maximum Gasteiger partial charge on any atom is 0.260 e. The van der Waals surface area contributed by atoms with Crippen LogP contribution in [0.2, 0.25) is 0 Å². The van der Waals surface area contributed by atoms with Gasteiger partial charge in [0, 0.05) is 41.7 Å². The number of nitrogens with two attached hydrogens (primary N) is 1. The van der Waals surface area contributed by atoms with Crippen LogP contribution < -0.4 is 20.3 Å². The number of hydrogen-bond acceptors (Lipinski definition) is 8. The number of benzene rings is 1. The van der Waals surface area contributed by atoms with E-state index in [0.717, 1.165) is 5.69 Å². The van der Waals surface area contributed by atoms with E-state index in [1.807, 2.05) is 11.8 Å². The third-order valence-corrected chi connectivity index (χ3v) is 6.59. The van der Waals surface area contributed by atoms with Gasteiger partial charge < -0.3 is 20.5 Å². The first-order valence-electron chi connectivity index (χ1n) is 11.6. The van der Waals surface area contributed by atoms with Crippen LogP contribution in [0, 0.1) is 5.82 Å². The number of carbonyl (C=O) groups is 1. The number of aryl methyl sites for hydroxylation is 1. The summed E-state index contributed by atoms with van der Waals surface area (Å²) in [6.45, 7) is 2.61. The van der Waals surface area contributed by atoms with E-state index in [0.29, 0.717) is 53.7 Å². The molecule has 35 heavy (non-hydrogen) atoms. The van der Waals surface area contributed by atoms with E-state index in [1.165, 1.54) is 19.4 Å². The third kappa shape index (κ3) is 3.98. The van der Waals surface area contributed by atoms with Crippen molar-refractivity contribution in [2.75, 3.05) is 30.1 Å².